The average molecular weight is 343 g/mol. The van der Waals surface area contributed by atoms with Gasteiger partial charge in [0.05, 0.1) is 6.54 Å². The smallest absolute Gasteiger partial charge is 0.237 e. The van der Waals surface area contributed by atoms with Gasteiger partial charge < -0.3 is 4.90 Å². The second-order valence-corrected chi connectivity index (χ2v) is 6.66. The van der Waals surface area contributed by atoms with Gasteiger partial charge in [0, 0.05) is 30.7 Å². The first-order valence-electron chi connectivity index (χ1n) is 8.48. The summed E-state index contributed by atoms with van der Waals surface area (Å²) in [6.45, 7) is 4.90. The summed E-state index contributed by atoms with van der Waals surface area (Å²) in [7, 11) is 0. The van der Waals surface area contributed by atoms with Crippen LogP contribution in [-0.2, 0) is 11.3 Å². The van der Waals surface area contributed by atoms with Crippen molar-refractivity contribution in [2.75, 3.05) is 19.6 Å². The molecule has 0 aromatic heterocycles. The number of likely N-dealkylation sites (tertiary alicyclic amines) is 1. The molecule has 1 atom stereocenters. The lowest BCUT2D eigenvalue weighted by atomic mass is 9.95. The van der Waals surface area contributed by atoms with Crippen LogP contribution in [0.4, 0.5) is 0 Å². The second-order valence-electron chi connectivity index (χ2n) is 6.22. The Bertz CT molecular complexity index is 672. The summed E-state index contributed by atoms with van der Waals surface area (Å²) in [5, 5.41) is 0.751. The molecule has 1 amide bonds. The third kappa shape index (κ3) is 3.97. The number of hydrogen-bond acceptors (Lipinski definition) is 2. The second kappa shape index (κ2) is 7.82. The van der Waals surface area contributed by atoms with Crippen molar-refractivity contribution < 1.29 is 4.79 Å². The Balaban J connectivity index is 1.60. The highest BCUT2D eigenvalue weighted by atomic mass is 35.5. The van der Waals surface area contributed by atoms with Gasteiger partial charge in [0.25, 0.3) is 0 Å². The fraction of sp³-hybridized carbons (Fsp3) is 0.350. The molecular weight excluding hydrogens is 320 g/mol. The molecule has 1 saturated heterocycles. The van der Waals surface area contributed by atoms with Crippen molar-refractivity contribution in [2.24, 2.45) is 0 Å². The van der Waals surface area contributed by atoms with Crippen molar-refractivity contribution in [3.05, 3.63) is 70.7 Å². The first-order valence-corrected chi connectivity index (χ1v) is 8.86. The van der Waals surface area contributed by atoms with E-state index in [-0.39, 0.29) is 5.91 Å². The van der Waals surface area contributed by atoms with Gasteiger partial charge in [0.2, 0.25) is 5.91 Å². The van der Waals surface area contributed by atoms with E-state index in [0.717, 1.165) is 24.5 Å². The molecular formula is C20H23ClN2O. The van der Waals surface area contributed by atoms with Crippen LogP contribution in [0, 0.1) is 0 Å². The lowest BCUT2D eigenvalue weighted by Gasteiger charge is -2.41. The topological polar surface area (TPSA) is 23.6 Å². The molecule has 2 aromatic rings. The van der Waals surface area contributed by atoms with E-state index in [4.69, 9.17) is 11.6 Å². The molecule has 0 saturated carbocycles. The van der Waals surface area contributed by atoms with Gasteiger partial charge in [-0.3, -0.25) is 9.69 Å². The number of rotatable bonds is 6. The molecule has 1 aliphatic heterocycles. The molecule has 4 heteroatoms. The number of amides is 1. The van der Waals surface area contributed by atoms with Crippen molar-refractivity contribution >= 4 is 17.5 Å². The summed E-state index contributed by atoms with van der Waals surface area (Å²) in [6, 6.07) is 18.5. The first kappa shape index (κ1) is 17.0. The monoisotopic (exact) mass is 342 g/mol. The third-order valence-corrected chi connectivity index (χ3v) is 4.93. The van der Waals surface area contributed by atoms with Crippen LogP contribution in [0.5, 0.6) is 0 Å². The van der Waals surface area contributed by atoms with E-state index in [2.05, 4.69) is 29.2 Å². The lowest BCUT2D eigenvalue weighted by Crippen LogP contribution is -2.47. The number of carbonyl (C=O) groups excluding carboxylic acids is 1. The van der Waals surface area contributed by atoms with Gasteiger partial charge in [0.15, 0.2) is 0 Å². The quantitative estimate of drug-likeness (QED) is 0.787. The number of hydrogen-bond donors (Lipinski definition) is 0. The number of carbonyl (C=O) groups is 1. The first-order chi connectivity index (χ1) is 11.7. The van der Waals surface area contributed by atoms with Crippen LogP contribution in [0.15, 0.2) is 54.6 Å². The van der Waals surface area contributed by atoms with Crippen LogP contribution in [0.3, 0.4) is 0 Å². The zero-order chi connectivity index (χ0) is 16.9. The van der Waals surface area contributed by atoms with Gasteiger partial charge in [0.1, 0.15) is 0 Å². The van der Waals surface area contributed by atoms with E-state index in [1.807, 2.05) is 42.2 Å². The largest absolute Gasteiger partial charge is 0.338 e. The van der Waals surface area contributed by atoms with E-state index in [9.17, 15) is 4.79 Å². The zero-order valence-electron chi connectivity index (χ0n) is 14.0. The normalized spacial score (nSPS) is 17.3. The van der Waals surface area contributed by atoms with Crippen LogP contribution in [0.1, 0.15) is 30.5 Å². The number of halogens is 1. The molecule has 126 valence electrons. The Kier molecular flexibility index (Phi) is 5.54. The van der Waals surface area contributed by atoms with E-state index in [1.165, 1.54) is 11.1 Å². The molecule has 24 heavy (non-hydrogen) atoms. The van der Waals surface area contributed by atoms with E-state index in [0.29, 0.717) is 19.1 Å². The molecule has 0 aliphatic carbocycles. The van der Waals surface area contributed by atoms with Gasteiger partial charge in [-0.25, -0.2) is 0 Å². The maximum absolute atomic E-state index is 12.7. The zero-order valence-corrected chi connectivity index (χ0v) is 14.7. The Morgan fingerprint density at radius 3 is 2.46 bits per heavy atom. The molecule has 0 unspecified atom stereocenters. The van der Waals surface area contributed by atoms with Gasteiger partial charge >= 0.3 is 0 Å². The van der Waals surface area contributed by atoms with Crippen LogP contribution in [-0.4, -0.2) is 35.3 Å². The standard InChI is InChI=1S/C20H23ClN2O/c1-2-22(14-16-6-4-3-5-7-16)20(24)15-23-13-12-19(23)17-8-10-18(21)11-9-17/h3-11,19H,2,12-15H2,1H3/t19-/m0/s1. The van der Waals surface area contributed by atoms with Gasteiger partial charge in [-0.05, 0) is 36.6 Å². The predicted molar refractivity (Wildman–Crippen MR) is 97.9 cm³/mol. The van der Waals surface area contributed by atoms with E-state index in [1.54, 1.807) is 0 Å². The Morgan fingerprint density at radius 1 is 1.17 bits per heavy atom. The number of benzene rings is 2. The highest BCUT2D eigenvalue weighted by molar-refractivity contribution is 6.30. The molecule has 3 rings (SSSR count). The molecule has 1 heterocycles. The number of nitrogens with zero attached hydrogens (tertiary/aromatic N) is 2. The van der Waals surface area contributed by atoms with Crippen molar-refractivity contribution in [2.45, 2.75) is 25.9 Å². The van der Waals surface area contributed by atoms with Crippen LogP contribution >= 0.6 is 11.6 Å². The van der Waals surface area contributed by atoms with Gasteiger partial charge in [-0.1, -0.05) is 54.1 Å². The molecule has 1 aliphatic rings. The summed E-state index contributed by atoms with van der Waals surface area (Å²) < 4.78 is 0. The summed E-state index contributed by atoms with van der Waals surface area (Å²) in [5.74, 6) is 0.194. The van der Waals surface area contributed by atoms with Gasteiger partial charge in [-0.2, -0.15) is 0 Å². The molecule has 0 radical (unpaired) electrons. The van der Waals surface area contributed by atoms with Gasteiger partial charge in [-0.15, -0.1) is 0 Å². The molecule has 1 fully saturated rings. The van der Waals surface area contributed by atoms with Crippen molar-refractivity contribution in [3.63, 3.8) is 0 Å². The predicted octanol–water partition coefficient (Wildman–Crippen LogP) is 4.14. The molecule has 0 N–H and O–H groups in total. The van der Waals surface area contributed by atoms with Crippen LogP contribution in [0.25, 0.3) is 0 Å². The highest BCUT2D eigenvalue weighted by Crippen LogP contribution is 2.33. The number of likely N-dealkylation sites (N-methyl/N-ethyl adjacent to an activating group) is 1. The summed E-state index contributed by atoms with van der Waals surface area (Å²) in [5.41, 5.74) is 2.41. The van der Waals surface area contributed by atoms with E-state index >= 15 is 0 Å². The van der Waals surface area contributed by atoms with Crippen molar-refractivity contribution in [1.82, 2.24) is 9.80 Å². The molecule has 2 aromatic carbocycles. The fourth-order valence-electron chi connectivity index (χ4n) is 3.15. The third-order valence-electron chi connectivity index (χ3n) is 4.67. The molecule has 3 nitrogen and oxygen atoms in total. The summed E-state index contributed by atoms with van der Waals surface area (Å²) in [6.07, 6.45) is 1.10. The average Bonchev–Trinajstić information content (AvgIpc) is 2.59. The minimum atomic E-state index is 0.194. The van der Waals surface area contributed by atoms with Crippen LogP contribution < -0.4 is 0 Å². The highest BCUT2D eigenvalue weighted by Gasteiger charge is 2.31. The lowest BCUT2D eigenvalue weighted by molar-refractivity contribution is -0.135. The van der Waals surface area contributed by atoms with Crippen molar-refractivity contribution in [3.8, 4) is 0 Å². The van der Waals surface area contributed by atoms with Crippen molar-refractivity contribution in [1.29, 1.82) is 0 Å². The maximum atomic E-state index is 12.7. The summed E-state index contributed by atoms with van der Waals surface area (Å²) in [4.78, 5) is 16.8. The Morgan fingerprint density at radius 2 is 1.88 bits per heavy atom. The SMILES string of the molecule is CCN(Cc1ccccc1)C(=O)CN1CC[C@H]1c1ccc(Cl)cc1. The van der Waals surface area contributed by atoms with Crippen LogP contribution in [0.2, 0.25) is 5.02 Å². The Labute approximate surface area is 148 Å². The Hall–Kier alpha value is -1.84. The maximum Gasteiger partial charge on any atom is 0.237 e. The molecule has 0 spiro atoms. The van der Waals surface area contributed by atoms with E-state index < -0.39 is 0 Å². The minimum absolute atomic E-state index is 0.194. The fourth-order valence-corrected chi connectivity index (χ4v) is 3.27. The molecule has 0 bridgehead atoms. The summed E-state index contributed by atoms with van der Waals surface area (Å²) >= 11 is 5.96. The minimum Gasteiger partial charge on any atom is -0.338 e.